The van der Waals surface area contributed by atoms with Crippen LogP contribution in [0.4, 0.5) is 10.7 Å². The quantitative estimate of drug-likeness (QED) is 0.394. The standard InChI is InChI=1S/C25H31ClN6O2/c26-21-14-29-24(31-23(21)20-13-28-22-7-2-1-6-19(20)22)30-17-4-3-5-18(12-17)32(25(33)34)15-16-8-10-27-11-9-16/h1-2,6-7,13-14,16-18,27-28H,3-5,8-12,15H2,(H,33,34)(H,29,30,31)/t17-,18+/m1/s1. The predicted octanol–water partition coefficient (Wildman–Crippen LogP) is 4.98. The van der Waals surface area contributed by atoms with Gasteiger partial charge in [-0.15, -0.1) is 0 Å². The molecule has 2 aromatic heterocycles. The van der Waals surface area contributed by atoms with Crippen LogP contribution in [0.1, 0.15) is 38.5 Å². The Morgan fingerprint density at radius 3 is 2.85 bits per heavy atom. The minimum atomic E-state index is -0.812. The van der Waals surface area contributed by atoms with Crippen LogP contribution < -0.4 is 10.6 Å². The van der Waals surface area contributed by atoms with E-state index in [2.05, 4.69) is 20.6 Å². The summed E-state index contributed by atoms with van der Waals surface area (Å²) in [7, 11) is 0. The molecule has 4 N–H and O–H groups in total. The van der Waals surface area contributed by atoms with Gasteiger partial charge in [0.1, 0.15) is 0 Å². The number of fused-ring (bicyclic) bond motifs is 1. The number of anilines is 1. The molecule has 0 radical (unpaired) electrons. The van der Waals surface area contributed by atoms with Gasteiger partial charge < -0.3 is 25.6 Å². The average molecular weight is 483 g/mol. The lowest BCUT2D eigenvalue weighted by atomic mass is 9.88. The van der Waals surface area contributed by atoms with Crippen LogP contribution in [0.25, 0.3) is 22.2 Å². The molecule has 1 aliphatic heterocycles. The molecule has 3 heterocycles. The summed E-state index contributed by atoms with van der Waals surface area (Å²) in [5, 5.41) is 18.3. The summed E-state index contributed by atoms with van der Waals surface area (Å²) in [5.74, 6) is 0.958. The molecule has 1 amide bonds. The third-order valence-electron chi connectivity index (χ3n) is 7.17. The van der Waals surface area contributed by atoms with Crippen molar-refractivity contribution < 1.29 is 9.90 Å². The Kier molecular flexibility index (Phi) is 6.87. The van der Waals surface area contributed by atoms with Crippen LogP contribution in [0.3, 0.4) is 0 Å². The second-order valence-corrected chi connectivity index (χ2v) is 9.84. The molecule has 0 bridgehead atoms. The van der Waals surface area contributed by atoms with Crippen LogP contribution in [-0.2, 0) is 0 Å². The van der Waals surface area contributed by atoms with Gasteiger partial charge in [-0.3, -0.25) is 0 Å². The van der Waals surface area contributed by atoms with Crippen molar-refractivity contribution in [3.8, 4) is 11.3 Å². The summed E-state index contributed by atoms with van der Waals surface area (Å²) >= 11 is 6.48. The lowest BCUT2D eigenvalue weighted by Crippen LogP contribution is -2.48. The minimum Gasteiger partial charge on any atom is -0.465 e. The fraction of sp³-hybridized carbons (Fsp3) is 0.480. The second-order valence-electron chi connectivity index (χ2n) is 9.43. The molecular weight excluding hydrogens is 452 g/mol. The van der Waals surface area contributed by atoms with Crippen molar-refractivity contribution in [3.63, 3.8) is 0 Å². The lowest BCUT2D eigenvalue weighted by molar-refractivity contribution is 0.0939. The van der Waals surface area contributed by atoms with Crippen molar-refractivity contribution in [1.82, 2.24) is 25.2 Å². The molecule has 180 valence electrons. The van der Waals surface area contributed by atoms with E-state index in [0.29, 0.717) is 29.1 Å². The molecule has 1 aliphatic carbocycles. The van der Waals surface area contributed by atoms with Crippen LogP contribution in [0.2, 0.25) is 5.02 Å². The molecule has 5 rings (SSSR count). The Hall–Kier alpha value is -2.84. The number of hydrogen-bond donors (Lipinski definition) is 4. The van der Waals surface area contributed by atoms with Gasteiger partial charge in [0, 0.05) is 41.3 Å². The van der Waals surface area contributed by atoms with Crippen LogP contribution in [0.15, 0.2) is 36.7 Å². The van der Waals surface area contributed by atoms with Gasteiger partial charge in [-0.05, 0) is 63.6 Å². The molecule has 2 fully saturated rings. The number of para-hydroxylation sites is 1. The van der Waals surface area contributed by atoms with E-state index in [0.717, 1.165) is 68.1 Å². The van der Waals surface area contributed by atoms with Crippen LogP contribution in [0.5, 0.6) is 0 Å². The molecule has 0 unspecified atom stereocenters. The number of carbonyl (C=O) groups is 1. The Morgan fingerprint density at radius 1 is 1.21 bits per heavy atom. The van der Waals surface area contributed by atoms with Crippen LogP contribution in [-0.4, -0.2) is 62.8 Å². The van der Waals surface area contributed by atoms with E-state index in [4.69, 9.17) is 16.6 Å². The molecule has 9 heteroatoms. The molecule has 1 saturated carbocycles. The first-order valence-corrected chi connectivity index (χ1v) is 12.5. The molecule has 8 nitrogen and oxygen atoms in total. The summed E-state index contributed by atoms with van der Waals surface area (Å²) in [6, 6.07) is 8.18. The Labute approximate surface area is 204 Å². The summed E-state index contributed by atoms with van der Waals surface area (Å²) < 4.78 is 0. The van der Waals surface area contributed by atoms with E-state index < -0.39 is 6.09 Å². The number of halogens is 1. The zero-order valence-electron chi connectivity index (χ0n) is 19.1. The smallest absolute Gasteiger partial charge is 0.407 e. The number of carboxylic acid groups (broad SMARTS) is 1. The summed E-state index contributed by atoms with van der Waals surface area (Å²) in [4.78, 5) is 26.2. The normalized spacial score (nSPS) is 21.4. The number of amides is 1. The largest absolute Gasteiger partial charge is 0.465 e. The Morgan fingerprint density at radius 2 is 2.03 bits per heavy atom. The zero-order valence-corrected chi connectivity index (χ0v) is 19.9. The number of rotatable bonds is 6. The van der Waals surface area contributed by atoms with E-state index in [1.807, 2.05) is 30.5 Å². The van der Waals surface area contributed by atoms with E-state index in [1.165, 1.54) is 0 Å². The molecular formula is C25H31ClN6O2. The zero-order chi connectivity index (χ0) is 23.5. The maximum Gasteiger partial charge on any atom is 0.407 e. The number of nitrogens with zero attached hydrogens (tertiary/aromatic N) is 3. The highest BCUT2D eigenvalue weighted by Gasteiger charge is 2.32. The number of piperidine rings is 1. The van der Waals surface area contributed by atoms with E-state index in [-0.39, 0.29) is 12.1 Å². The second kappa shape index (κ2) is 10.2. The van der Waals surface area contributed by atoms with Crippen LogP contribution >= 0.6 is 11.6 Å². The van der Waals surface area contributed by atoms with Gasteiger partial charge in [-0.1, -0.05) is 29.8 Å². The van der Waals surface area contributed by atoms with Gasteiger partial charge in [0.05, 0.1) is 16.9 Å². The number of aromatic amines is 1. The van der Waals surface area contributed by atoms with Gasteiger partial charge in [0.25, 0.3) is 0 Å². The summed E-state index contributed by atoms with van der Waals surface area (Å²) in [6.45, 7) is 2.57. The highest BCUT2D eigenvalue weighted by atomic mass is 35.5. The first-order valence-electron chi connectivity index (χ1n) is 12.1. The average Bonchev–Trinajstić information content (AvgIpc) is 3.28. The number of benzene rings is 1. The van der Waals surface area contributed by atoms with Crippen molar-refractivity contribution >= 4 is 34.5 Å². The van der Waals surface area contributed by atoms with Gasteiger partial charge in [-0.25, -0.2) is 14.8 Å². The first-order chi connectivity index (χ1) is 16.6. The van der Waals surface area contributed by atoms with Crippen LogP contribution in [0, 0.1) is 5.92 Å². The maximum absolute atomic E-state index is 12.1. The number of H-pyrrole nitrogens is 1. The SMILES string of the molecule is O=C(O)N(CC1CCNCC1)[C@H]1CCC[C@@H](Nc2ncc(Cl)c(-c3c[nH]c4ccccc34)n2)C1. The van der Waals surface area contributed by atoms with Crippen molar-refractivity contribution in [2.24, 2.45) is 5.92 Å². The molecule has 1 aromatic carbocycles. The highest BCUT2D eigenvalue weighted by molar-refractivity contribution is 6.33. The van der Waals surface area contributed by atoms with E-state index in [1.54, 1.807) is 11.1 Å². The van der Waals surface area contributed by atoms with Crippen molar-refractivity contribution in [3.05, 3.63) is 41.7 Å². The molecule has 3 aromatic rings. The molecule has 2 aliphatic rings. The fourth-order valence-corrected chi connectivity index (χ4v) is 5.57. The molecule has 0 spiro atoms. The van der Waals surface area contributed by atoms with Crippen molar-refractivity contribution in [2.45, 2.75) is 50.6 Å². The number of hydrogen-bond acceptors (Lipinski definition) is 5. The first kappa shape index (κ1) is 22.9. The molecule has 2 atom stereocenters. The fourth-order valence-electron chi connectivity index (χ4n) is 5.38. The Bertz CT molecular complexity index is 1150. The van der Waals surface area contributed by atoms with E-state index in [9.17, 15) is 9.90 Å². The topological polar surface area (TPSA) is 106 Å². The van der Waals surface area contributed by atoms with Crippen molar-refractivity contribution in [2.75, 3.05) is 25.0 Å². The van der Waals surface area contributed by atoms with E-state index >= 15 is 0 Å². The maximum atomic E-state index is 12.1. The number of aromatic nitrogens is 3. The monoisotopic (exact) mass is 482 g/mol. The summed E-state index contributed by atoms with van der Waals surface area (Å²) in [6.07, 6.45) is 8.41. The molecule has 34 heavy (non-hydrogen) atoms. The van der Waals surface area contributed by atoms with Gasteiger partial charge in [0.2, 0.25) is 5.95 Å². The third-order valence-corrected chi connectivity index (χ3v) is 7.44. The minimum absolute atomic E-state index is 0.0130. The lowest BCUT2D eigenvalue weighted by Gasteiger charge is -2.38. The summed E-state index contributed by atoms with van der Waals surface area (Å²) in [5.41, 5.74) is 2.65. The Balaban J connectivity index is 1.30. The van der Waals surface area contributed by atoms with Gasteiger partial charge in [-0.2, -0.15) is 0 Å². The van der Waals surface area contributed by atoms with Gasteiger partial charge in [0.15, 0.2) is 0 Å². The number of nitrogens with one attached hydrogen (secondary N) is 3. The highest BCUT2D eigenvalue weighted by Crippen LogP contribution is 2.33. The predicted molar refractivity (Wildman–Crippen MR) is 134 cm³/mol. The third kappa shape index (κ3) is 4.98. The van der Waals surface area contributed by atoms with Gasteiger partial charge >= 0.3 is 6.09 Å². The molecule has 1 saturated heterocycles. The van der Waals surface area contributed by atoms with Crippen molar-refractivity contribution in [1.29, 1.82) is 0 Å².